The minimum atomic E-state index is -0.151. The summed E-state index contributed by atoms with van der Waals surface area (Å²) < 4.78 is 16.3. The molecule has 0 aliphatic carbocycles. The fourth-order valence-corrected chi connectivity index (χ4v) is 4.24. The normalized spacial score (nSPS) is 17.8. The second-order valence-corrected chi connectivity index (χ2v) is 8.27. The van der Waals surface area contributed by atoms with E-state index in [0.717, 1.165) is 24.1 Å². The number of amides is 1. The van der Waals surface area contributed by atoms with Crippen molar-refractivity contribution in [3.63, 3.8) is 0 Å². The molecule has 0 unspecified atom stereocenters. The van der Waals surface area contributed by atoms with E-state index in [2.05, 4.69) is 20.2 Å². The first-order chi connectivity index (χ1) is 16.4. The highest BCUT2D eigenvalue weighted by Crippen LogP contribution is 2.35. The van der Waals surface area contributed by atoms with Crippen LogP contribution in [0, 0.1) is 6.92 Å². The van der Waals surface area contributed by atoms with Gasteiger partial charge in [-0.15, -0.1) is 5.10 Å². The van der Waals surface area contributed by atoms with E-state index in [-0.39, 0.29) is 17.9 Å². The molecule has 0 spiro atoms. The molecule has 3 aromatic heterocycles. The van der Waals surface area contributed by atoms with Crippen molar-refractivity contribution >= 4 is 11.7 Å². The van der Waals surface area contributed by atoms with Crippen molar-refractivity contribution in [2.45, 2.75) is 38.6 Å². The third kappa shape index (κ3) is 4.85. The first-order valence-corrected chi connectivity index (χ1v) is 11.0. The number of likely N-dealkylation sites (tertiary alicyclic amines) is 1. The van der Waals surface area contributed by atoms with Crippen LogP contribution < -0.4 is 19.9 Å². The van der Waals surface area contributed by atoms with E-state index in [0.29, 0.717) is 41.2 Å². The largest absolute Gasteiger partial charge is 0.493 e. The van der Waals surface area contributed by atoms with Crippen molar-refractivity contribution in [2.75, 3.05) is 26.5 Å². The Balaban J connectivity index is 1.47. The summed E-state index contributed by atoms with van der Waals surface area (Å²) >= 11 is 0. The van der Waals surface area contributed by atoms with Crippen LogP contribution in [0.2, 0.25) is 0 Å². The van der Waals surface area contributed by atoms with E-state index < -0.39 is 0 Å². The Labute approximate surface area is 198 Å². The number of hydrogen-bond donors (Lipinski definition) is 1. The molecule has 2 N–H and O–H groups in total. The third-order valence-electron chi connectivity index (χ3n) is 5.98. The molecule has 4 rings (SSSR count). The second kappa shape index (κ2) is 9.90. The zero-order valence-electron chi connectivity index (χ0n) is 19.7. The van der Waals surface area contributed by atoms with Gasteiger partial charge in [-0.05, 0) is 44.4 Å². The molecule has 2 atom stereocenters. The van der Waals surface area contributed by atoms with Crippen LogP contribution in [-0.4, -0.2) is 57.8 Å². The van der Waals surface area contributed by atoms with Gasteiger partial charge in [0.15, 0.2) is 11.5 Å². The van der Waals surface area contributed by atoms with E-state index >= 15 is 0 Å². The lowest BCUT2D eigenvalue weighted by Crippen LogP contribution is -2.44. The molecule has 1 aliphatic heterocycles. The average molecular weight is 465 g/mol. The summed E-state index contributed by atoms with van der Waals surface area (Å²) in [5.41, 5.74) is 8.01. The number of nitrogens with zero attached hydrogens (tertiary/aromatic N) is 5. The van der Waals surface area contributed by atoms with E-state index in [9.17, 15) is 4.79 Å². The summed E-state index contributed by atoms with van der Waals surface area (Å²) in [6, 6.07) is 6.87. The summed E-state index contributed by atoms with van der Waals surface area (Å²) in [6.07, 6.45) is 4.60. The summed E-state index contributed by atoms with van der Waals surface area (Å²) in [5.74, 6) is 2.26. The monoisotopic (exact) mass is 464 g/mol. The zero-order chi connectivity index (χ0) is 24.2. The van der Waals surface area contributed by atoms with Crippen molar-refractivity contribution in [3.05, 3.63) is 53.6 Å². The van der Waals surface area contributed by atoms with Gasteiger partial charge in [-0.3, -0.25) is 4.79 Å². The quantitative estimate of drug-likeness (QED) is 0.584. The highest BCUT2D eigenvalue weighted by molar-refractivity contribution is 5.93. The Morgan fingerprint density at radius 1 is 1.09 bits per heavy atom. The Morgan fingerprint density at radius 3 is 2.56 bits per heavy atom. The number of aryl methyl sites for hydroxylation is 1. The van der Waals surface area contributed by atoms with Gasteiger partial charge in [0.25, 0.3) is 5.91 Å². The van der Waals surface area contributed by atoms with Gasteiger partial charge < -0.3 is 24.8 Å². The fraction of sp³-hybridized carbons (Fsp3) is 0.375. The van der Waals surface area contributed by atoms with Gasteiger partial charge in [-0.1, -0.05) is 0 Å². The first-order valence-electron chi connectivity index (χ1n) is 11.0. The number of nitrogens with two attached hydrogens (primary N) is 1. The van der Waals surface area contributed by atoms with E-state index in [4.69, 9.17) is 19.9 Å². The summed E-state index contributed by atoms with van der Waals surface area (Å²) in [5, 5.41) is 8.32. The van der Waals surface area contributed by atoms with E-state index in [1.54, 1.807) is 25.3 Å². The molecule has 1 saturated heterocycles. The highest BCUT2D eigenvalue weighted by atomic mass is 16.5. The Bertz CT molecular complexity index is 1170. The topological polar surface area (TPSA) is 126 Å². The van der Waals surface area contributed by atoms with Crippen LogP contribution >= 0.6 is 0 Å². The van der Waals surface area contributed by atoms with Gasteiger partial charge in [-0.25, -0.2) is 9.97 Å². The molecule has 0 bridgehead atoms. The van der Waals surface area contributed by atoms with Crippen LogP contribution in [0.3, 0.4) is 0 Å². The molecule has 1 fully saturated rings. The Morgan fingerprint density at radius 2 is 1.91 bits per heavy atom. The van der Waals surface area contributed by atoms with E-state index in [1.165, 1.54) is 19.5 Å². The summed E-state index contributed by atoms with van der Waals surface area (Å²) in [4.78, 5) is 23.6. The number of carbonyl (C=O) groups is 1. The molecule has 0 saturated carbocycles. The maximum absolute atomic E-state index is 13.3. The molecular weight excluding hydrogens is 436 g/mol. The van der Waals surface area contributed by atoms with E-state index in [1.807, 2.05) is 24.8 Å². The molecule has 178 valence electrons. The predicted molar refractivity (Wildman–Crippen MR) is 125 cm³/mol. The van der Waals surface area contributed by atoms with Gasteiger partial charge in [-0.2, -0.15) is 5.10 Å². The van der Waals surface area contributed by atoms with Crippen molar-refractivity contribution < 1.29 is 19.0 Å². The van der Waals surface area contributed by atoms with Crippen LogP contribution in [0.5, 0.6) is 23.1 Å². The fourth-order valence-electron chi connectivity index (χ4n) is 4.24. The lowest BCUT2D eigenvalue weighted by atomic mass is 9.87. The number of methoxy groups -OCH3 is 2. The van der Waals surface area contributed by atoms with Crippen LogP contribution in [0.4, 0.5) is 5.82 Å². The smallest absolute Gasteiger partial charge is 0.272 e. The molecule has 3 aromatic rings. The average Bonchev–Trinajstić information content (AvgIpc) is 2.84. The third-order valence-corrected chi connectivity index (χ3v) is 5.98. The second-order valence-electron chi connectivity index (χ2n) is 8.27. The van der Waals surface area contributed by atoms with Gasteiger partial charge in [0.05, 0.1) is 32.3 Å². The maximum atomic E-state index is 13.3. The zero-order valence-corrected chi connectivity index (χ0v) is 19.7. The first kappa shape index (κ1) is 23.2. The lowest BCUT2D eigenvalue weighted by Gasteiger charge is -2.37. The molecule has 0 aromatic carbocycles. The molecule has 0 radical (unpaired) electrons. The Kier molecular flexibility index (Phi) is 6.76. The minimum absolute atomic E-state index is 0.0131. The van der Waals surface area contributed by atoms with Gasteiger partial charge in [0.2, 0.25) is 5.88 Å². The number of piperidine rings is 1. The van der Waals surface area contributed by atoms with Crippen molar-refractivity contribution in [3.8, 4) is 23.1 Å². The number of hydrogen-bond acceptors (Lipinski definition) is 9. The minimum Gasteiger partial charge on any atom is -0.493 e. The molecular formula is C24H28N6O4. The Hall–Kier alpha value is -3.95. The lowest BCUT2D eigenvalue weighted by molar-refractivity contribution is 0.0607. The molecule has 34 heavy (non-hydrogen) atoms. The van der Waals surface area contributed by atoms with Crippen molar-refractivity contribution in [2.24, 2.45) is 0 Å². The summed E-state index contributed by atoms with van der Waals surface area (Å²) in [7, 11) is 3.06. The predicted octanol–water partition coefficient (Wildman–Crippen LogP) is 3.38. The molecule has 1 amide bonds. The van der Waals surface area contributed by atoms with Crippen molar-refractivity contribution in [1.82, 2.24) is 25.1 Å². The highest BCUT2D eigenvalue weighted by Gasteiger charge is 2.32. The number of carbonyl (C=O) groups excluding carboxylic acids is 1. The molecule has 4 heterocycles. The summed E-state index contributed by atoms with van der Waals surface area (Å²) in [6.45, 7) is 4.62. The number of anilines is 1. The maximum Gasteiger partial charge on any atom is 0.272 e. The van der Waals surface area contributed by atoms with Gasteiger partial charge in [0, 0.05) is 30.6 Å². The molecule has 10 nitrogen and oxygen atoms in total. The number of nitrogen functional groups attached to an aromatic ring is 1. The van der Waals surface area contributed by atoms with Crippen LogP contribution in [0.15, 0.2) is 36.7 Å². The standard InChI is InChI=1S/C24H28N6O4/c1-14-9-21(25)28-29-23(14)16-7-8-30(15(2)10-16)24(31)18-11-19(32-3)20(13-26-18)34-17-5-6-22(33-4)27-12-17/h5-6,9,11-13,15-16H,7-8,10H2,1-4H3,(H2,25,28)/t15-,16-/m0/s1. The SMILES string of the molecule is COc1ccc(Oc2cnc(C(=O)N3CC[C@H](c4nnc(N)cc4C)C[C@@H]3C)cc2OC)cn1. The van der Waals surface area contributed by atoms with Crippen molar-refractivity contribution in [1.29, 1.82) is 0 Å². The van der Waals surface area contributed by atoms with Crippen LogP contribution in [0.1, 0.15) is 47.4 Å². The number of ether oxygens (including phenoxy) is 3. The molecule has 1 aliphatic rings. The number of rotatable bonds is 6. The van der Waals surface area contributed by atoms with Crippen LogP contribution in [0.25, 0.3) is 0 Å². The van der Waals surface area contributed by atoms with Crippen LogP contribution in [-0.2, 0) is 0 Å². The van der Waals surface area contributed by atoms with Gasteiger partial charge in [0.1, 0.15) is 17.3 Å². The number of pyridine rings is 2. The number of aromatic nitrogens is 4. The molecule has 10 heteroatoms. The van der Waals surface area contributed by atoms with Gasteiger partial charge >= 0.3 is 0 Å².